The molecule has 9 heteroatoms. The minimum absolute atomic E-state index is 0.206. The molecule has 1 aliphatic heterocycles. The van der Waals surface area contributed by atoms with Gasteiger partial charge in [0, 0.05) is 25.2 Å². The Morgan fingerprint density at radius 3 is 2.47 bits per heavy atom. The molecule has 34 heavy (non-hydrogen) atoms. The lowest BCUT2D eigenvalue weighted by Gasteiger charge is -2.19. The fourth-order valence-corrected chi connectivity index (χ4v) is 6.64. The van der Waals surface area contributed by atoms with Crippen LogP contribution >= 0.6 is 11.3 Å². The summed E-state index contributed by atoms with van der Waals surface area (Å²) in [5.74, 6) is 0.342. The Morgan fingerprint density at radius 1 is 1.12 bits per heavy atom. The third kappa shape index (κ3) is 5.16. The topological polar surface area (TPSA) is 81.0 Å². The van der Waals surface area contributed by atoms with E-state index in [9.17, 15) is 13.2 Å². The number of benzene rings is 2. The van der Waals surface area contributed by atoms with Crippen molar-refractivity contribution < 1.29 is 17.9 Å². The number of ether oxygens (including phenoxy) is 1. The van der Waals surface area contributed by atoms with E-state index >= 15 is 0 Å². The highest BCUT2D eigenvalue weighted by Crippen LogP contribution is 2.24. The molecule has 0 unspecified atom stereocenters. The molecule has 0 spiro atoms. The van der Waals surface area contributed by atoms with E-state index in [0.29, 0.717) is 36.6 Å². The van der Waals surface area contributed by atoms with Crippen LogP contribution in [0.1, 0.15) is 43.0 Å². The van der Waals surface area contributed by atoms with Gasteiger partial charge in [0.2, 0.25) is 10.0 Å². The number of carbonyl (C=O) groups is 1. The van der Waals surface area contributed by atoms with Crippen LogP contribution < -0.4 is 9.54 Å². The van der Waals surface area contributed by atoms with Crippen LogP contribution in [0.15, 0.2) is 65.0 Å². The van der Waals surface area contributed by atoms with Gasteiger partial charge in [0.15, 0.2) is 4.80 Å². The van der Waals surface area contributed by atoms with Gasteiger partial charge >= 0.3 is 0 Å². The van der Waals surface area contributed by atoms with Gasteiger partial charge in [-0.1, -0.05) is 30.3 Å². The zero-order valence-electron chi connectivity index (χ0n) is 19.3. The number of amides is 1. The van der Waals surface area contributed by atoms with Crippen molar-refractivity contribution in [2.45, 2.75) is 44.0 Å². The van der Waals surface area contributed by atoms with Gasteiger partial charge in [-0.3, -0.25) is 4.79 Å². The molecule has 1 aromatic heterocycles. The lowest BCUT2D eigenvalue weighted by atomic mass is 10.2. The maximum atomic E-state index is 13.0. The molecule has 2 aromatic carbocycles. The molecule has 0 aliphatic carbocycles. The second-order valence-electron chi connectivity index (χ2n) is 8.11. The number of nitrogens with zero attached hydrogens (tertiary/aromatic N) is 3. The summed E-state index contributed by atoms with van der Waals surface area (Å²) in [5.41, 5.74) is 1.28. The fourth-order valence-electron chi connectivity index (χ4n) is 4.05. The second-order valence-corrected chi connectivity index (χ2v) is 11.1. The Bertz CT molecular complexity index is 1350. The van der Waals surface area contributed by atoms with Crippen molar-refractivity contribution in [2.24, 2.45) is 4.99 Å². The predicted octanol–water partition coefficient (Wildman–Crippen LogP) is 4.59. The first-order chi connectivity index (χ1) is 16.4. The molecular formula is C25H29N3O4S2. The van der Waals surface area contributed by atoms with E-state index in [1.54, 1.807) is 10.4 Å². The van der Waals surface area contributed by atoms with Crippen LogP contribution in [-0.4, -0.2) is 42.9 Å². The van der Waals surface area contributed by atoms with Crippen molar-refractivity contribution in [3.8, 4) is 5.75 Å². The highest BCUT2D eigenvalue weighted by Gasteiger charge is 2.25. The third-order valence-corrected chi connectivity index (χ3v) is 8.73. The van der Waals surface area contributed by atoms with Crippen molar-refractivity contribution in [3.05, 3.63) is 65.5 Å². The summed E-state index contributed by atoms with van der Waals surface area (Å²) in [6.45, 7) is 7.91. The Hall–Kier alpha value is -2.75. The molecule has 1 amide bonds. The van der Waals surface area contributed by atoms with Gasteiger partial charge in [-0.15, -0.1) is 6.58 Å². The van der Waals surface area contributed by atoms with Crippen LogP contribution in [0.25, 0.3) is 10.2 Å². The number of sulfonamides is 1. The zero-order chi connectivity index (χ0) is 24.1. The molecule has 3 aromatic rings. The minimum Gasteiger partial charge on any atom is -0.494 e. The molecule has 0 bridgehead atoms. The lowest BCUT2D eigenvalue weighted by Crippen LogP contribution is -2.31. The molecule has 7 nitrogen and oxygen atoms in total. The van der Waals surface area contributed by atoms with E-state index in [0.717, 1.165) is 41.6 Å². The summed E-state index contributed by atoms with van der Waals surface area (Å²) in [6.07, 6.45) is 5.62. The average molecular weight is 500 g/mol. The summed E-state index contributed by atoms with van der Waals surface area (Å²) in [7, 11) is -3.56. The Labute approximate surface area is 204 Å². The Kier molecular flexibility index (Phi) is 7.65. The maximum Gasteiger partial charge on any atom is 0.279 e. The molecule has 0 saturated carbocycles. The molecule has 0 atom stereocenters. The van der Waals surface area contributed by atoms with Crippen LogP contribution in [-0.2, 0) is 16.6 Å². The van der Waals surface area contributed by atoms with E-state index < -0.39 is 15.9 Å². The van der Waals surface area contributed by atoms with Crippen molar-refractivity contribution in [3.63, 3.8) is 0 Å². The first-order valence-corrected chi connectivity index (χ1v) is 13.8. The highest BCUT2D eigenvalue weighted by molar-refractivity contribution is 7.89. The van der Waals surface area contributed by atoms with E-state index in [1.165, 1.54) is 35.6 Å². The van der Waals surface area contributed by atoms with E-state index in [1.807, 2.05) is 29.7 Å². The number of aromatic nitrogens is 1. The van der Waals surface area contributed by atoms with Crippen LogP contribution in [0.2, 0.25) is 0 Å². The molecule has 1 aliphatic rings. The van der Waals surface area contributed by atoms with Crippen molar-refractivity contribution in [1.82, 2.24) is 8.87 Å². The summed E-state index contributed by atoms with van der Waals surface area (Å²) >= 11 is 1.40. The van der Waals surface area contributed by atoms with Crippen LogP contribution in [0.3, 0.4) is 0 Å². The van der Waals surface area contributed by atoms with Crippen molar-refractivity contribution in [2.75, 3.05) is 19.7 Å². The van der Waals surface area contributed by atoms with Crippen LogP contribution in [0.5, 0.6) is 5.75 Å². The third-order valence-electron chi connectivity index (χ3n) is 5.78. The molecule has 2 heterocycles. The first kappa shape index (κ1) is 24.4. The monoisotopic (exact) mass is 499 g/mol. The number of rotatable bonds is 7. The first-order valence-electron chi connectivity index (χ1n) is 11.5. The summed E-state index contributed by atoms with van der Waals surface area (Å²) in [6, 6.07) is 11.9. The standard InChI is InChI=1S/C25H29N3O4S2/c1-3-15-28-22-14-11-20(32-4-2)18-23(22)33-25(28)26-24(29)19-9-12-21(13-10-19)34(30,31)27-16-7-5-6-8-17-27/h3,9-14,18H,1,4-8,15-17H2,2H3. The fraction of sp³-hybridized carbons (Fsp3) is 0.360. The minimum atomic E-state index is -3.56. The Morgan fingerprint density at radius 2 is 1.82 bits per heavy atom. The van der Waals surface area contributed by atoms with Gasteiger partial charge in [-0.05, 0) is 62.2 Å². The Balaban J connectivity index is 1.63. The zero-order valence-corrected chi connectivity index (χ0v) is 20.9. The quantitative estimate of drug-likeness (QED) is 0.445. The SMILES string of the molecule is C=CCn1c(=NC(=O)c2ccc(S(=O)(=O)N3CCCCCC3)cc2)sc2cc(OCC)ccc21. The molecule has 0 radical (unpaired) electrons. The van der Waals surface area contributed by atoms with E-state index in [4.69, 9.17) is 4.74 Å². The van der Waals surface area contributed by atoms with Gasteiger partial charge in [-0.2, -0.15) is 9.30 Å². The smallest absolute Gasteiger partial charge is 0.279 e. The number of hydrogen-bond donors (Lipinski definition) is 0. The van der Waals surface area contributed by atoms with Gasteiger partial charge in [0.1, 0.15) is 5.75 Å². The number of allylic oxidation sites excluding steroid dienone is 1. The normalized spacial score (nSPS) is 15.9. The molecular weight excluding hydrogens is 470 g/mol. The largest absolute Gasteiger partial charge is 0.494 e. The summed E-state index contributed by atoms with van der Waals surface area (Å²) < 4.78 is 36.0. The van der Waals surface area contributed by atoms with E-state index in [2.05, 4.69) is 11.6 Å². The lowest BCUT2D eigenvalue weighted by molar-refractivity contribution is 0.0997. The number of carbonyl (C=O) groups excluding carboxylic acids is 1. The van der Waals surface area contributed by atoms with Gasteiger partial charge < -0.3 is 9.30 Å². The summed E-state index contributed by atoms with van der Waals surface area (Å²) in [4.78, 5) is 18.0. The molecule has 1 fully saturated rings. The number of fused-ring (bicyclic) bond motifs is 1. The number of hydrogen-bond acceptors (Lipinski definition) is 5. The molecule has 4 rings (SSSR count). The van der Waals surface area contributed by atoms with Crippen LogP contribution in [0, 0.1) is 0 Å². The second kappa shape index (κ2) is 10.7. The molecule has 0 N–H and O–H groups in total. The van der Waals surface area contributed by atoms with Crippen LogP contribution in [0.4, 0.5) is 0 Å². The molecule has 1 saturated heterocycles. The number of thiazole rings is 1. The van der Waals surface area contributed by atoms with Crippen molar-refractivity contribution >= 4 is 37.5 Å². The van der Waals surface area contributed by atoms with Gasteiger partial charge in [0.05, 0.1) is 21.7 Å². The molecule has 180 valence electrons. The van der Waals surface area contributed by atoms with Gasteiger partial charge in [0.25, 0.3) is 5.91 Å². The average Bonchev–Trinajstić information content (AvgIpc) is 3.00. The summed E-state index contributed by atoms with van der Waals surface area (Å²) in [5, 5.41) is 0. The maximum absolute atomic E-state index is 13.0. The highest BCUT2D eigenvalue weighted by atomic mass is 32.2. The van der Waals surface area contributed by atoms with Crippen molar-refractivity contribution in [1.29, 1.82) is 0 Å². The predicted molar refractivity (Wildman–Crippen MR) is 135 cm³/mol. The van der Waals surface area contributed by atoms with E-state index in [-0.39, 0.29) is 4.90 Å². The van der Waals surface area contributed by atoms with Gasteiger partial charge in [-0.25, -0.2) is 8.42 Å².